The van der Waals surface area contributed by atoms with E-state index in [0.717, 1.165) is 58.2 Å². The molecule has 2 atom stereocenters. The summed E-state index contributed by atoms with van der Waals surface area (Å²) in [4.78, 5) is 36.3. The van der Waals surface area contributed by atoms with E-state index < -0.39 is 17.6 Å². The van der Waals surface area contributed by atoms with Crippen LogP contribution in [0, 0.1) is 17.7 Å². The van der Waals surface area contributed by atoms with Gasteiger partial charge in [-0.3, -0.25) is 25.6 Å². The fraction of sp³-hybridized carbons (Fsp3) is 0.739. The molecule has 2 aliphatic heterocycles. The summed E-state index contributed by atoms with van der Waals surface area (Å²) < 4.78 is 15.5. The van der Waals surface area contributed by atoms with Gasteiger partial charge in [0.1, 0.15) is 0 Å². The zero-order chi connectivity index (χ0) is 24.8. The number of halogens is 2. The highest BCUT2D eigenvalue weighted by molar-refractivity contribution is 6.28. The number of rotatable bonds is 11. The lowest BCUT2D eigenvalue weighted by Crippen LogP contribution is -2.42. The van der Waals surface area contributed by atoms with Crippen LogP contribution in [-0.2, 0) is 9.59 Å². The summed E-state index contributed by atoms with van der Waals surface area (Å²) in [7, 11) is 0. The van der Waals surface area contributed by atoms with Gasteiger partial charge in [-0.1, -0.05) is 25.7 Å². The smallest absolute Gasteiger partial charge is 0.243 e. The summed E-state index contributed by atoms with van der Waals surface area (Å²) >= 11 is 6.14. The second-order valence-electron chi connectivity index (χ2n) is 9.90. The van der Waals surface area contributed by atoms with Crippen LogP contribution < -0.4 is 15.8 Å². The van der Waals surface area contributed by atoms with Crippen LogP contribution in [0.5, 0.6) is 0 Å². The van der Waals surface area contributed by atoms with E-state index in [1.54, 1.807) is 0 Å². The molecule has 35 heavy (non-hydrogen) atoms. The maximum absolute atomic E-state index is 15.5. The van der Waals surface area contributed by atoms with Gasteiger partial charge in [-0.05, 0) is 62.7 Å². The Morgan fingerprint density at radius 3 is 2.63 bits per heavy atom. The van der Waals surface area contributed by atoms with E-state index in [9.17, 15) is 14.8 Å². The lowest BCUT2D eigenvalue weighted by atomic mass is 9.92. The van der Waals surface area contributed by atoms with Crippen LogP contribution in [0.2, 0.25) is 5.28 Å². The number of amides is 2. The Morgan fingerprint density at radius 2 is 1.91 bits per heavy atom. The monoisotopic (exact) mass is 511 g/mol. The van der Waals surface area contributed by atoms with Crippen molar-refractivity contribution in [1.29, 1.82) is 0 Å². The van der Waals surface area contributed by atoms with E-state index in [1.807, 2.05) is 4.90 Å². The number of hydroxylamine groups is 2. The van der Waals surface area contributed by atoms with E-state index in [1.165, 1.54) is 12.8 Å². The first-order valence-corrected chi connectivity index (χ1v) is 13.0. The minimum atomic E-state index is -0.674. The third-order valence-corrected chi connectivity index (χ3v) is 7.59. The van der Waals surface area contributed by atoms with Gasteiger partial charge in [0.25, 0.3) is 0 Å². The number of hydrogen-bond donors (Lipinski definition) is 3. The molecule has 4 rings (SSSR count). The summed E-state index contributed by atoms with van der Waals surface area (Å²) in [6.45, 7) is 3.52. The standard InChI is InChI=1S/C23H35ClFN7O3/c24-23-26-20(28-29-22(34)17(13-31(35)15-33)12-16-6-1-2-7-16)19(25)21(27-23)32-11-5-8-18(32)14-30-9-3-4-10-30/h15-18,35H,1-14H2,(H,29,34)(H,26,27,28)/t17-,18-/m0/s1. The average Bonchev–Trinajstić information content (AvgIpc) is 3.62. The SMILES string of the molecule is O=CN(O)C[C@H](CC1CCCC1)C(=O)NNc1nc(Cl)nc(N2CCC[C@H]2CN2CCCC2)c1F. The number of nitrogens with zero attached hydrogens (tertiary/aromatic N) is 5. The predicted molar refractivity (Wildman–Crippen MR) is 129 cm³/mol. The summed E-state index contributed by atoms with van der Waals surface area (Å²) in [5, 5.41) is 10.0. The number of hydrogen-bond acceptors (Lipinski definition) is 8. The second kappa shape index (κ2) is 12.1. The summed E-state index contributed by atoms with van der Waals surface area (Å²) in [5.41, 5.74) is 5.07. The Bertz CT molecular complexity index is 883. The van der Waals surface area contributed by atoms with Gasteiger partial charge in [0, 0.05) is 19.1 Å². The minimum absolute atomic E-state index is 0.116. The van der Waals surface area contributed by atoms with Crippen LogP contribution in [0.3, 0.4) is 0 Å². The lowest BCUT2D eigenvalue weighted by Gasteiger charge is -2.30. The molecular formula is C23H35ClFN7O3. The molecule has 1 aromatic rings. The first kappa shape index (κ1) is 25.8. The maximum Gasteiger partial charge on any atom is 0.243 e. The topological polar surface area (TPSA) is 114 Å². The van der Waals surface area contributed by atoms with Gasteiger partial charge in [-0.25, -0.2) is 5.06 Å². The van der Waals surface area contributed by atoms with Crippen molar-refractivity contribution in [3.8, 4) is 0 Å². The first-order chi connectivity index (χ1) is 16.9. The highest BCUT2D eigenvalue weighted by Crippen LogP contribution is 2.32. The van der Waals surface area contributed by atoms with Gasteiger partial charge in [-0.15, -0.1) is 0 Å². The van der Waals surface area contributed by atoms with Crippen LogP contribution in [0.15, 0.2) is 0 Å². The van der Waals surface area contributed by atoms with Crippen molar-refractivity contribution in [3.63, 3.8) is 0 Å². The number of likely N-dealkylation sites (tertiary alicyclic amines) is 1. The van der Waals surface area contributed by atoms with E-state index >= 15 is 4.39 Å². The van der Waals surface area contributed by atoms with Crippen molar-refractivity contribution in [3.05, 3.63) is 11.1 Å². The Kier molecular flexibility index (Phi) is 8.96. The minimum Gasteiger partial charge on any atom is -0.350 e. The van der Waals surface area contributed by atoms with Crippen LogP contribution in [0.4, 0.5) is 16.0 Å². The molecule has 2 saturated heterocycles. The average molecular weight is 512 g/mol. The number of hydrazine groups is 1. The zero-order valence-electron chi connectivity index (χ0n) is 20.0. The van der Waals surface area contributed by atoms with Gasteiger partial charge in [0.05, 0.1) is 12.5 Å². The van der Waals surface area contributed by atoms with E-state index in [4.69, 9.17) is 11.6 Å². The van der Waals surface area contributed by atoms with E-state index in [0.29, 0.717) is 23.9 Å². The normalized spacial score (nSPS) is 21.9. The third-order valence-electron chi connectivity index (χ3n) is 7.42. The van der Waals surface area contributed by atoms with Crippen LogP contribution in [0.1, 0.15) is 57.8 Å². The molecule has 0 radical (unpaired) electrons. The zero-order valence-corrected chi connectivity index (χ0v) is 20.7. The fourth-order valence-electron chi connectivity index (χ4n) is 5.65. The molecular weight excluding hydrogens is 477 g/mol. The van der Waals surface area contributed by atoms with E-state index in [-0.39, 0.29) is 35.9 Å². The third kappa shape index (κ3) is 6.71. The number of nitrogens with one attached hydrogen (secondary N) is 2. The summed E-state index contributed by atoms with van der Waals surface area (Å²) in [5.74, 6) is -1.51. The van der Waals surface area contributed by atoms with Crippen molar-refractivity contribution >= 4 is 35.6 Å². The first-order valence-electron chi connectivity index (χ1n) is 12.6. The fourth-order valence-corrected chi connectivity index (χ4v) is 5.82. The van der Waals surface area contributed by atoms with Crippen LogP contribution in [-0.4, -0.2) is 76.2 Å². The molecule has 0 unspecified atom stereocenters. The van der Waals surface area contributed by atoms with Crippen molar-refractivity contribution in [1.82, 2.24) is 25.4 Å². The van der Waals surface area contributed by atoms with Crippen LogP contribution in [0.25, 0.3) is 0 Å². The second-order valence-corrected chi connectivity index (χ2v) is 10.2. The van der Waals surface area contributed by atoms with Crippen molar-refractivity contribution in [2.24, 2.45) is 11.8 Å². The predicted octanol–water partition coefficient (Wildman–Crippen LogP) is 2.82. The highest BCUT2D eigenvalue weighted by Gasteiger charge is 2.32. The Balaban J connectivity index is 1.43. The Morgan fingerprint density at radius 1 is 1.17 bits per heavy atom. The number of anilines is 2. The molecule has 10 nitrogen and oxygen atoms in total. The molecule has 2 amide bonds. The highest BCUT2D eigenvalue weighted by atomic mass is 35.5. The van der Waals surface area contributed by atoms with E-state index in [2.05, 4.69) is 25.7 Å². The molecule has 3 aliphatic rings. The molecule has 194 valence electrons. The quantitative estimate of drug-likeness (QED) is 0.180. The van der Waals surface area contributed by atoms with Gasteiger partial charge >= 0.3 is 0 Å². The van der Waals surface area contributed by atoms with Gasteiger partial charge in [-0.2, -0.15) is 14.4 Å². The molecule has 1 aromatic heterocycles. The molecule has 0 bridgehead atoms. The molecule has 3 heterocycles. The lowest BCUT2D eigenvalue weighted by molar-refractivity contribution is -0.154. The Hall–Kier alpha value is -2.24. The van der Waals surface area contributed by atoms with Crippen molar-refractivity contribution in [2.75, 3.05) is 43.0 Å². The molecule has 12 heteroatoms. The van der Waals surface area contributed by atoms with Gasteiger partial charge in [0.15, 0.2) is 11.6 Å². The Labute approximate surface area is 210 Å². The maximum atomic E-state index is 15.5. The molecule has 3 N–H and O–H groups in total. The summed E-state index contributed by atoms with van der Waals surface area (Å²) in [6.07, 6.45) is 9.32. The van der Waals surface area contributed by atoms with Crippen molar-refractivity contribution in [2.45, 2.75) is 63.8 Å². The molecule has 0 spiro atoms. The molecule has 0 aromatic carbocycles. The van der Waals surface area contributed by atoms with Crippen molar-refractivity contribution < 1.29 is 19.2 Å². The number of carbonyl (C=O) groups excluding carboxylic acids is 2. The van der Waals surface area contributed by atoms with Gasteiger partial charge in [0.2, 0.25) is 23.4 Å². The molecule has 3 fully saturated rings. The van der Waals surface area contributed by atoms with Gasteiger partial charge < -0.3 is 9.80 Å². The number of carbonyl (C=O) groups is 2. The summed E-state index contributed by atoms with van der Waals surface area (Å²) in [6, 6.07) is 0.144. The molecule has 1 saturated carbocycles. The number of aromatic nitrogens is 2. The van der Waals surface area contributed by atoms with Crippen LogP contribution >= 0.6 is 11.6 Å². The largest absolute Gasteiger partial charge is 0.350 e. The molecule has 1 aliphatic carbocycles.